The van der Waals surface area contributed by atoms with Crippen LogP contribution in [0.5, 0.6) is 5.75 Å². The van der Waals surface area contributed by atoms with Crippen molar-refractivity contribution in [1.29, 1.82) is 0 Å². The van der Waals surface area contributed by atoms with Crippen molar-refractivity contribution in [3.05, 3.63) is 24.3 Å². The summed E-state index contributed by atoms with van der Waals surface area (Å²) in [7, 11) is 1.62. The number of methoxy groups -OCH3 is 1. The van der Waals surface area contributed by atoms with Crippen molar-refractivity contribution in [3.63, 3.8) is 0 Å². The van der Waals surface area contributed by atoms with E-state index in [1.54, 1.807) is 27.9 Å². The number of rotatable bonds is 7. The molecule has 1 aliphatic carbocycles. The number of carbonyl (C=O) groups excluding carboxylic acids is 2. The number of hydrogen-bond acceptors (Lipinski definition) is 4. The van der Waals surface area contributed by atoms with Crippen molar-refractivity contribution in [1.82, 2.24) is 5.32 Å². The highest BCUT2D eigenvalue weighted by atomic mass is 16.6. The Hall–Kier alpha value is -2.24. The Morgan fingerprint density at radius 1 is 1.23 bits per heavy atom. The molecule has 0 heterocycles. The number of benzene rings is 1. The van der Waals surface area contributed by atoms with E-state index in [1.165, 1.54) is 0 Å². The lowest BCUT2D eigenvalue weighted by Gasteiger charge is -2.30. The highest BCUT2D eigenvalue weighted by molar-refractivity contribution is 5.94. The molecule has 1 fully saturated rings. The van der Waals surface area contributed by atoms with E-state index in [-0.39, 0.29) is 24.9 Å². The zero-order valence-electron chi connectivity index (χ0n) is 16.4. The summed E-state index contributed by atoms with van der Waals surface area (Å²) < 4.78 is 10.4. The standard InChI is InChI=1S/C20H30N2O4/c1-14(15-6-7-15)22(16-8-10-17(25-5)11-9-16)18(23)12-13-21-19(24)26-20(2,3)4/h8-11,14-15H,6-7,12-13H2,1-5H3,(H,21,24). The van der Waals surface area contributed by atoms with Gasteiger partial charge in [-0.15, -0.1) is 0 Å². The molecule has 1 unspecified atom stereocenters. The first-order chi connectivity index (χ1) is 12.2. The fraction of sp³-hybridized carbons (Fsp3) is 0.600. The van der Waals surface area contributed by atoms with E-state index in [9.17, 15) is 9.59 Å². The number of carbonyl (C=O) groups is 2. The molecular formula is C20H30N2O4. The first-order valence-electron chi connectivity index (χ1n) is 9.14. The van der Waals surface area contributed by atoms with E-state index in [1.807, 2.05) is 29.2 Å². The van der Waals surface area contributed by atoms with Crippen molar-refractivity contribution >= 4 is 17.7 Å². The first-order valence-corrected chi connectivity index (χ1v) is 9.14. The molecule has 0 bridgehead atoms. The molecule has 1 atom stereocenters. The molecule has 0 aromatic heterocycles. The van der Waals surface area contributed by atoms with Crippen molar-refractivity contribution in [2.24, 2.45) is 5.92 Å². The number of ether oxygens (including phenoxy) is 2. The topological polar surface area (TPSA) is 67.9 Å². The number of hydrogen-bond donors (Lipinski definition) is 1. The summed E-state index contributed by atoms with van der Waals surface area (Å²) >= 11 is 0. The SMILES string of the molecule is COc1ccc(N(C(=O)CCNC(=O)OC(C)(C)C)C(C)C2CC2)cc1. The van der Waals surface area contributed by atoms with Crippen LogP contribution in [0.1, 0.15) is 47.0 Å². The lowest BCUT2D eigenvalue weighted by atomic mass is 10.1. The summed E-state index contributed by atoms with van der Waals surface area (Å²) in [6.07, 6.45) is 2.02. The quantitative estimate of drug-likeness (QED) is 0.802. The van der Waals surface area contributed by atoms with Crippen LogP contribution in [0.3, 0.4) is 0 Å². The maximum atomic E-state index is 12.8. The monoisotopic (exact) mass is 362 g/mol. The van der Waals surface area contributed by atoms with E-state index in [4.69, 9.17) is 9.47 Å². The van der Waals surface area contributed by atoms with Gasteiger partial charge in [-0.3, -0.25) is 4.79 Å². The molecule has 26 heavy (non-hydrogen) atoms. The van der Waals surface area contributed by atoms with Gasteiger partial charge < -0.3 is 19.7 Å². The van der Waals surface area contributed by atoms with Crippen molar-refractivity contribution in [2.75, 3.05) is 18.6 Å². The van der Waals surface area contributed by atoms with Crippen LogP contribution in [0.15, 0.2) is 24.3 Å². The maximum absolute atomic E-state index is 12.8. The van der Waals surface area contributed by atoms with Crippen LogP contribution in [-0.2, 0) is 9.53 Å². The third-order valence-corrected chi connectivity index (χ3v) is 4.34. The highest BCUT2D eigenvalue weighted by Crippen LogP contribution is 2.37. The molecule has 0 saturated heterocycles. The molecule has 1 aliphatic rings. The van der Waals surface area contributed by atoms with Crippen LogP contribution in [0, 0.1) is 5.92 Å². The number of nitrogens with zero attached hydrogens (tertiary/aromatic N) is 1. The normalized spacial score (nSPS) is 15.1. The molecule has 1 N–H and O–H groups in total. The van der Waals surface area contributed by atoms with Gasteiger partial charge in [-0.2, -0.15) is 0 Å². The fourth-order valence-corrected chi connectivity index (χ4v) is 2.84. The van der Waals surface area contributed by atoms with Crippen molar-refractivity contribution in [3.8, 4) is 5.75 Å². The molecule has 6 heteroatoms. The molecule has 0 aliphatic heterocycles. The number of nitrogens with one attached hydrogen (secondary N) is 1. The Kier molecular flexibility index (Phi) is 6.51. The van der Waals surface area contributed by atoms with Crippen LogP contribution in [0.2, 0.25) is 0 Å². The molecule has 1 aromatic rings. The zero-order valence-corrected chi connectivity index (χ0v) is 16.4. The second-order valence-electron chi connectivity index (χ2n) is 7.72. The van der Waals surface area contributed by atoms with Crippen LogP contribution >= 0.6 is 0 Å². The Labute approximate surface area is 155 Å². The van der Waals surface area contributed by atoms with E-state index in [0.29, 0.717) is 5.92 Å². The van der Waals surface area contributed by atoms with Gasteiger partial charge >= 0.3 is 6.09 Å². The predicted octanol–water partition coefficient (Wildman–Crippen LogP) is 3.74. The number of amides is 2. The zero-order chi connectivity index (χ0) is 19.3. The van der Waals surface area contributed by atoms with Crippen LogP contribution < -0.4 is 15.0 Å². The molecule has 6 nitrogen and oxygen atoms in total. The average Bonchev–Trinajstić information content (AvgIpc) is 3.39. The molecular weight excluding hydrogens is 332 g/mol. The Morgan fingerprint density at radius 2 is 1.85 bits per heavy atom. The summed E-state index contributed by atoms with van der Waals surface area (Å²) in [5.41, 5.74) is 0.302. The van der Waals surface area contributed by atoms with E-state index < -0.39 is 11.7 Å². The van der Waals surface area contributed by atoms with Gasteiger partial charge in [-0.05, 0) is 70.7 Å². The van der Waals surface area contributed by atoms with Gasteiger partial charge in [-0.1, -0.05) is 0 Å². The average molecular weight is 362 g/mol. The summed E-state index contributed by atoms with van der Waals surface area (Å²) in [5.74, 6) is 1.29. The maximum Gasteiger partial charge on any atom is 0.407 e. The predicted molar refractivity (Wildman–Crippen MR) is 102 cm³/mol. The van der Waals surface area contributed by atoms with Crippen LogP contribution in [0.25, 0.3) is 0 Å². The van der Waals surface area contributed by atoms with E-state index in [0.717, 1.165) is 24.3 Å². The van der Waals surface area contributed by atoms with Gasteiger partial charge in [0.05, 0.1) is 7.11 Å². The van der Waals surface area contributed by atoms with Crippen molar-refractivity contribution < 1.29 is 19.1 Å². The van der Waals surface area contributed by atoms with Crippen molar-refractivity contribution in [2.45, 2.75) is 58.6 Å². The summed E-state index contributed by atoms with van der Waals surface area (Å²) in [6.45, 7) is 7.75. The number of anilines is 1. The molecule has 1 aromatic carbocycles. The summed E-state index contributed by atoms with van der Waals surface area (Å²) in [6, 6.07) is 7.65. The van der Waals surface area contributed by atoms with E-state index >= 15 is 0 Å². The van der Waals surface area contributed by atoms with Gasteiger partial charge in [0.15, 0.2) is 0 Å². The van der Waals surface area contributed by atoms with Gasteiger partial charge in [0.25, 0.3) is 0 Å². The third kappa shape index (κ3) is 5.93. The smallest absolute Gasteiger partial charge is 0.407 e. The lowest BCUT2D eigenvalue weighted by Crippen LogP contribution is -2.42. The van der Waals surface area contributed by atoms with Gasteiger partial charge in [0, 0.05) is 24.7 Å². The molecule has 2 amide bonds. The minimum Gasteiger partial charge on any atom is -0.497 e. The van der Waals surface area contributed by atoms with Gasteiger partial charge in [0.1, 0.15) is 11.4 Å². The molecule has 1 saturated carbocycles. The van der Waals surface area contributed by atoms with Gasteiger partial charge in [0.2, 0.25) is 5.91 Å². The fourth-order valence-electron chi connectivity index (χ4n) is 2.84. The minimum absolute atomic E-state index is 0.00868. The lowest BCUT2D eigenvalue weighted by molar-refractivity contribution is -0.119. The molecule has 2 rings (SSSR count). The Bertz CT molecular complexity index is 618. The second kappa shape index (κ2) is 8.43. The van der Waals surface area contributed by atoms with Crippen LogP contribution in [0.4, 0.5) is 10.5 Å². The number of alkyl carbamates (subject to hydrolysis) is 1. The highest BCUT2D eigenvalue weighted by Gasteiger charge is 2.35. The largest absolute Gasteiger partial charge is 0.497 e. The Morgan fingerprint density at radius 3 is 2.35 bits per heavy atom. The van der Waals surface area contributed by atoms with Gasteiger partial charge in [-0.25, -0.2) is 4.79 Å². The Balaban J connectivity index is 1.98. The molecule has 0 spiro atoms. The summed E-state index contributed by atoms with van der Waals surface area (Å²) in [4.78, 5) is 26.4. The second-order valence-corrected chi connectivity index (χ2v) is 7.72. The first kappa shape index (κ1) is 20.1. The summed E-state index contributed by atoms with van der Waals surface area (Å²) in [5, 5.41) is 2.65. The van der Waals surface area contributed by atoms with E-state index in [2.05, 4.69) is 12.2 Å². The minimum atomic E-state index is -0.552. The molecule has 144 valence electrons. The third-order valence-electron chi connectivity index (χ3n) is 4.34. The molecule has 0 radical (unpaired) electrons. The van der Waals surface area contributed by atoms with Crippen LogP contribution in [-0.4, -0.2) is 37.3 Å².